The van der Waals surface area contributed by atoms with E-state index in [0.29, 0.717) is 0 Å². The van der Waals surface area contributed by atoms with Crippen molar-refractivity contribution in [2.75, 3.05) is 0 Å². The minimum absolute atomic E-state index is 0.771. The maximum absolute atomic E-state index is 5.80. The summed E-state index contributed by atoms with van der Waals surface area (Å²) in [5.41, 5.74) is 2.32. The van der Waals surface area contributed by atoms with Crippen molar-refractivity contribution in [3.05, 3.63) is 49.8 Å². The standard InChI is InChI=1S/C10H7BrClNS/c11-10-13-9(6-14-10)5-7-1-3-8(12)4-2-7/h1-4,6H,5H2. The largest absolute Gasteiger partial charge is 0.234 e. The number of benzene rings is 1. The molecule has 0 saturated heterocycles. The van der Waals surface area contributed by atoms with E-state index in [1.165, 1.54) is 5.56 Å². The van der Waals surface area contributed by atoms with Crippen LogP contribution in [0.15, 0.2) is 33.6 Å². The topological polar surface area (TPSA) is 12.9 Å². The second kappa shape index (κ2) is 4.43. The molecule has 72 valence electrons. The molecule has 2 rings (SSSR count). The molecule has 14 heavy (non-hydrogen) atoms. The van der Waals surface area contributed by atoms with Crippen molar-refractivity contribution in [1.29, 1.82) is 0 Å². The zero-order valence-corrected chi connectivity index (χ0v) is 10.4. The van der Waals surface area contributed by atoms with Crippen LogP contribution >= 0.6 is 38.9 Å². The van der Waals surface area contributed by atoms with Crippen LogP contribution < -0.4 is 0 Å². The monoisotopic (exact) mass is 287 g/mol. The molecule has 0 N–H and O–H groups in total. The first-order valence-electron chi connectivity index (χ1n) is 4.08. The first-order chi connectivity index (χ1) is 6.74. The molecule has 0 spiro atoms. The van der Waals surface area contributed by atoms with E-state index in [0.717, 1.165) is 21.1 Å². The molecular weight excluding hydrogens is 282 g/mol. The average Bonchev–Trinajstić information content (AvgIpc) is 2.56. The van der Waals surface area contributed by atoms with E-state index in [2.05, 4.69) is 26.3 Å². The number of thiazole rings is 1. The van der Waals surface area contributed by atoms with Gasteiger partial charge in [0.15, 0.2) is 3.92 Å². The van der Waals surface area contributed by atoms with Crippen LogP contribution in [0.25, 0.3) is 0 Å². The van der Waals surface area contributed by atoms with Gasteiger partial charge in [-0.3, -0.25) is 0 Å². The number of halogens is 2. The first-order valence-corrected chi connectivity index (χ1v) is 6.13. The molecular formula is C10H7BrClNS. The Kier molecular flexibility index (Phi) is 3.21. The summed E-state index contributed by atoms with van der Waals surface area (Å²) in [4.78, 5) is 4.33. The lowest BCUT2D eigenvalue weighted by Gasteiger charge is -1.97. The van der Waals surface area contributed by atoms with Gasteiger partial charge in [0, 0.05) is 16.8 Å². The Morgan fingerprint density at radius 1 is 1.29 bits per heavy atom. The van der Waals surface area contributed by atoms with Crippen molar-refractivity contribution < 1.29 is 0 Å². The predicted octanol–water partition coefficient (Wildman–Crippen LogP) is 4.15. The van der Waals surface area contributed by atoms with Crippen LogP contribution in [0, 0.1) is 0 Å². The van der Waals surface area contributed by atoms with Crippen molar-refractivity contribution in [2.45, 2.75) is 6.42 Å². The minimum atomic E-state index is 0.771. The zero-order valence-electron chi connectivity index (χ0n) is 7.21. The third kappa shape index (κ3) is 2.56. The van der Waals surface area contributed by atoms with E-state index < -0.39 is 0 Å². The summed E-state index contributed by atoms with van der Waals surface area (Å²) in [7, 11) is 0. The molecule has 0 radical (unpaired) electrons. The number of nitrogens with zero attached hydrogens (tertiary/aromatic N) is 1. The molecule has 0 bridgehead atoms. The number of aromatic nitrogens is 1. The van der Waals surface area contributed by atoms with Crippen LogP contribution in [-0.4, -0.2) is 4.98 Å². The lowest BCUT2D eigenvalue weighted by atomic mass is 10.1. The molecule has 0 saturated carbocycles. The van der Waals surface area contributed by atoms with E-state index in [1.807, 2.05) is 24.3 Å². The summed E-state index contributed by atoms with van der Waals surface area (Å²) in [6.07, 6.45) is 0.860. The van der Waals surface area contributed by atoms with E-state index >= 15 is 0 Å². The average molecular weight is 289 g/mol. The van der Waals surface area contributed by atoms with Crippen molar-refractivity contribution >= 4 is 38.9 Å². The van der Waals surface area contributed by atoms with Crippen LogP contribution in [0.1, 0.15) is 11.3 Å². The normalized spacial score (nSPS) is 10.4. The number of hydrogen-bond acceptors (Lipinski definition) is 2. The fourth-order valence-corrected chi connectivity index (χ4v) is 2.35. The van der Waals surface area contributed by atoms with Crippen LogP contribution in [0.2, 0.25) is 5.02 Å². The second-order valence-corrected chi connectivity index (χ2v) is 5.47. The van der Waals surface area contributed by atoms with Gasteiger partial charge in [-0.1, -0.05) is 23.7 Å². The van der Waals surface area contributed by atoms with E-state index in [1.54, 1.807) is 11.3 Å². The van der Waals surface area contributed by atoms with Gasteiger partial charge in [0.1, 0.15) is 0 Å². The summed E-state index contributed by atoms with van der Waals surface area (Å²) in [5.74, 6) is 0. The highest BCUT2D eigenvalue weighted by atomic mass is 79.9. The number of rotatable bonds is 2. The molecule has 4 heteroatoms. The van der Waals surface area contributed by atoms with Gasteiger partial charge in [0.25, 0.3) is 0 Å². The summed E-state index contributed by atoms with van der Waals surface area (Å²) in [6, 6.07) is 7.85. The fourth-order valence-electron chi connectivity index (χ4n) is 1.17. The molecule has 0 amide bonds. The maximum atomic E-state index is 5.80. The lowest BCUT2D eigenvalue weighted by molar-refractivity contribution is 1.10. The summed E-state index contributed by atoms with van der Waals surface area (Å²) in [5, 5.41) is 2.83. The van der Waals surface area contributed by atoms with Gasteiger partial charge in [0.05, 0.1) is 5.69 Å². The third-order valence-electron chi connectivity index (χ3n) is 1.82. The quantitative estimate of drug-likeness (QED) is 0.809. The summed E-state index contributed by atoms with van der Waals surface area (Å²) < 4.78 is 0.932. The first kappa shape index (κ1) is 10.1. The van der Waals surface area contributed by atoms with Crippen molar-refractivity contribution in [2.24, 2.45) is 0 Å². The Morgan fingerprint density at radius 3 is 2.57 bits per heavy atom. The molecule has 0 fully saturated rings. The predicted molar refractivity (Wildman–Crippen MR) is 64.1 cm³/mol. The van der Waals surface area contributed by atoms with E-state index in [-0.39, 0.29) is 0 Å². The Bertz CT molecular complexity index is 424. The molecule has 1 aromatic carbocycles. The minimum Gasteiger partial charge on any atom is -0.234 e. The molecule has 0 aliphatic carbocycles. The van der Waals surface area contributed by atoms with Gasteiger partial charge < -0.3 is 0 Å². The molecule has 1 aromatic heterocycles. The second-order valence-electron chi connectivity index (χ2n) is 2.90. The van der Waals surface area contributed by atoms with Gasteiger partial charge in [-0.15, -0.1) is 11.3 Å². The SMILES string of the molecule is Clc1ccc(Cc2csc(Br)n2)cc1. The highest BCUT2D eigenvalue weighted by Gasteiger charge is 2.00. The van der Waals surface area contributed by atoms with Gasteiger partial charge in [-0.05, 0) is 33.6 Å². The molecule has 0 aliphatic heterocycles. The molecule has 0 atom stereocenters. The Morgan fingerprint density at radius 2 is 2.00 bits per heavy atom. The van der Waals surface area contributed by atoms with Crippen molar-refractivity contribution in [1.82, 2.24) is 4.98 Å². The van der Waals surface area contributed by atoms with Gasteiger partial charge in [-0.2, -0.15) is 0 Å². The van der Waals surface area contributed by atoms with E-state index in [9.17, 15) is 0 Å². The third-order valence-corrected chi connectivity index (χ3v) is 3.49. The van der Waals surface area contributed by atoms with Crippen LogP contribution in [0.5, 0.6) is 0 Å². The molecule has 2 aromatic rings. The lowest BCUT2D eigenvalue weighted by Crippen LogP contribution is -1.87. The fraction of sp³-hybridized carbons (Fsp3) is 0.100. The van der Waals surface area contributed by atoms with Crippen molar-refractivity contribution in [3.63, 3.8) is 0 Å². The molecule has 1 heterocycles. The van der Waals surface area contributed by atoms with Crippen molar-refractivity contribution in [3.8, 4) is 0 Å². The van der Waals surface area contributed by atoms with Crippen LogP contribution in [-0.2, 0) is 6.42 Å². The smallest absolute Gasteiger partial charge is 0.159 e. The summed E-state index contributed by atoms with van der Waals surface area (Å²) >= 11 is 10.7. The zero-order chi connectivity index (χ0) is 9.97. The summed E-state index contributed by atoms with van der Waals surface area (Å²) in [6.45, 7) is 0. The molecule has 0 unspecified atom stereocenters. The van der Waals surface area contributed by atoms with Gasteiger partial charge in [0.2, 0.25) is 0 Å². The Labute approximate surface area is 99.9 Å². The van der Waals surface area contributed by atoms with Crippen LogP contribution in [0.3, 0.4) is 0 Å². The number of hydrogen-bond donors (Lipinski definition) is 0. The Balaban J connectivity index is 2.15. The maximum Gasteiger partial charge on any atom is 0.159 e. The van der Waals surface area contributed by atoms with Gasteiger partial charge >= 0.3 is 0 Å². The molecule has 0 aliphatic rings. The van der Waals surface area contributed by atoms with Crippen LogP contribution in [0.4, 0.5) is 0 Å². The van der Waals surface area contributed by atoms with E-state index in [4.69, 9.17) is 11.6 Å². The van der Waals surface area contributed by atoms with Gasteiger partial charge in [-0.25, -0.2) is 4.98 Å². The highest BCUT2D eigenvalue weighted by Crippen LogP contribution is 2.19. The molecule has 1 nitrogen and oxygen atoms in total. The highest BCUT2D eigenvalue weighted by molar-refractivity contribution is 9.11. The Hall–Kier alpha value is -0.380.